The predicted molar refractivity (Wildman–Crippen MR) is 123 cm³/mol. The molecule has 1 aliphatic carbocycles. The van der Waals surface area contributed by atoms with Gasteiger partial charge < -0.3 is 30.2 Å². The Balaban J connectivity index is 1.47. The molecule has 0 saturated heterocycles. The summed E-state index contributed by atoms with van der Waals surface area (Å²) in [6, 6.07) is 1.69. The Hall–Kier alpha value is -2.26. The van der Waals surface area contributed by atoms with Gasteiger partial charge in [0.25, 0.3) is 0 Å². The number of hydrogen-bond acceptors (Lipinski definition) is 7. The summed E-state index contributed by atoms with van der Waals surface area (Å²) in [5.41, 5.74) is 2.06. The van der Waals surface area contributed by atoms with E-state index in [1.165, 1.54) is 11.9 Å². The van der Waals surface area contributed by atoms with Crippen molar-refractivity contribution >= 4 is 16.9 Å². The first kappa shape index (κ1) is 23.4. The van der Waals surface area contributed by atoms with E-state index in [0.29, 0.717) is 19.6 Å². The first-order valence-corrected chi connectivity index (χ1v) is 11.0. The molecule has 2 aromatic heterocycles. The van der Waals surface area contributed by atoms with Crippen LogP contribution in [0, 0.1) is 5.92 Å². The largest absolute Gasteiger partial charge is 0.390 e. The number of aliphatic hydroxyl groups excluding tert-OH is 2. The Kier molecular flexibility index (Phi) is 8.60. The van der Waals surface area contributed by atoms with Gasteiger partial charge >= 0.3 is 0 Å². The summed E-state index contributed by atoms with van der Waals surface area (Å²) in [7, 11) is 1.82. The summed E-state index contributed by atoms with van der Waals surface area (Å²) in [4.78, 5) is 8.61. The van der Waals surface area contributed by atoms with E-state index in [2.05, 4.69) is 45.8 Å². The van der Waals surface area contributed by atoms with Crippen LogP contribution < -0.4 is 10.6 Å². The maximum atomic E-state index is 10.7. The van der Waals surface area contributed by atoms with Crippen LogP contribution in [-0.4, -0.2) is 70.3 Å². The highest BCUT2D eigenvalue weighted by atomic mass is 16.5. The number of hydrogen-bond donors (Lipinski definition) is 4. The normalized spacial score (nSPS) is 24.5. The van der Waals surface area contributed by atoms with Crippen LogP contribution in [0.1, 0.15) is 32.7 Å². The van der Waals surface area contributed by atoms with Gasteiger partial charge in [-0.15, -0.1) is 0 Å². The number of aliphatic hydroxyl groups is 2. The second-order valence-corrected chi connectivity index (χ2v) is 7.92. The molecule has 8 heteroatoms. The van der Waals surface area contributed by atoms with Crippen LogP contribution in [0.25, 0.3) is 11.0 Å². The summed E-state index contributed by atoms with van der Waals surface area (Å²) < 4.78 is 7.74. The Bertz CT molecular complexity index is 894. The molecule has 0 spiro atoms. The number of ether oxygens (including phenoxy) is 1. The number of fused-ring (bicyclic) bond motifs is 1. The lowest BCUT2D eigenvalue weighted by atomic mass is 10.1. The average Bonchev–Trinajstić information content (AvgIpc) is 3.33. The van der Waals surface area contributed by atoms with Crippen molar-refractivity contribution in [1.29, 1.82) is 0 Å². The van der Waals surface area contributed by atoms with Crippen LogP contribution in [0.2, 0.25) is 0 Å². The quantitative estimate of drug-likeness (QED) is 0.321. The Labute approximate surface area is 184 Å². The van der Waals surface area contributed by atoms with E-state index in [0.717, 1.165) is 36.4 Å². The summed E-state index contributed by atoms with van der Waals surface area (Å²) in [6.07, 6.45) is 9.65. The highest BCUT2D eigenvalue weighted by molar-refractivity contribution is 5.87. The summed E-state index contributed by atoms with van der Waals surface area (Å²) in [6.45, 7) is 6.73. The number of anilines is 1. The van der Waals surface area contributed by atoms with Crippen LogP contribution in [0.15, 0.2) is 42.4 Å². The summed E-state index contributed by atoms with van der Waals surface area (Å²) in [5, 5.41) is 28.6. The van der Waals surface area contributed by atoms with Gasteiger partial charge in [-0.2, -0.15) is 0 Å². The summed E-state index contributed by atoms with van der Waals surface area (Å²) in [5.74, 6) is 0.629. The molecule has 0 radical (unpaired) electrons. The van der Waals surface area contributed by atoms with Crippen LogP contribution >= 0.6 is 0 Å². The molecule has 1 aliphatic rings. The molecule has 8 nitrogen and oxygen atoms in total. The van der Waals surface area contributed by atoms with Gasteiger partial charge in [0.05, 0.1) is 30.7 Å². The highest BCUT2D eigenvalue weighted by Crippen LogP contribution is 2.37. The molecule has 0 aromatic carbocycles. The zero-order valence-electron chi connectivity index (χ0n) is 18.7. The zero-order valence-corrected chi connectivity index (χ0v) is 18.7. The molecule has 4 atom stereocenters. The maximum Gasteiger partial charge on any atom is 0.145 e. The fourth-order valence-corrected chi connectivity index (χ4v) is 4.25. The Morgan fingerprint density at radius 1 is 1.26 bits per heavy atom. The molecule has 31 heavy (non-hydrogen) atoms. The van der Waals surface area contributed by atoms with Gasteiger partial charge in [0.15, 0.2) is 0 Å². The van der Waals surface area contributed by atoms with Crippen LogP contribution in [0.5, 0.6) is 0 Å². The van der Waals surface area contributed by atoms with Gasteiger partial charge in [-0.25, -0.2) is 9.97 Å². The third-order valence-electron chi connectivity index (χ3n) is 5.97. The van der Waals surface area contributed by atoms with E-state index in [1.54, 1.807) is 0 Å². The lowest BCUT2D eigenvalue weighted by Crippen LogP contribution is -2.31. The molecule has 170 valence electrons. The zero-order chi connectivity index (χ0) is 22.2. The molecule has 1 fully saturated rings. The standard InChI is InChI=1S/C23H35N5O3/c1-4-6-16(5-2)7-9-25-10-12-31-14-17-13-19(21(30)20(17)29)28-11-8-18-22(24-3)26-15-27-23(18)28/h4-6,8,11,15,17,19-21,25,29-30H,7,9-10,12-14H2,1-3H3,(H,24,26,27)/b6-4-,16-5+/t17-,19-,20-,21+/m1/s1. The highest BCUT2D eigenvalue weighted by Gasteiger charge is 2.42. The van der Waals surface area contributed by atoms with Gasteiger partial charge in [0.2, 0.25) is 0 Å². The molecule has 0 unspecified atom stereocenters. The van der Waals surface area contributed by atoms with Crippen molar-refractivity contribution in [1.82, 2.24) is 19.9 Å². The van der Waals surface area contributed by atoms with Gasteiger partial charge in [-0.1, -0.05) is 23.8 Å². The second kappa shape index (κ2) is 11.4. The SMILES string of the molecule is C/C=C\C(=C/C)CCNCCOC[C@H]1C[C@@H](n2ccc3c(NC)ncnc32)[C@H](O)[C@@H]1O. The smallest absolute Gasteiger partial charge is 0.145 e. The van der Waals surface area contributed by atoms with E-state index < -0.39 is 12.2 Å². The summed E-state index contributed by atoms with van der Waals surface area (Å²) >= 11 is 0. The molecule has 0 aliphatic heterocycles. The molecule has 0 bridgehead atoms. The first-order valence-electron chi connectivity index (χ1n) is 11.0. The molecule has 2 heterocycles. The lowest BCUT2D eigenvalue weighted by Gasteiger charge is -2.19. The third-order valence-corrected chi connectivity index (χ3v) is 5.97. The van der Waals surface area contributed by atoms with Gasteiger partial charge in [0, 0.05) is 25.7 Å². The number of nitrogens with one attached hydrogen (secondary N) is 2. The fourth-order valence-electron chi connectivity index (χ4n) is 4.25. The molecular formula is C23H35N5O3. The monoisotopic (exact) mass is 429 g/mol. The third kappa shape index (κ3) is 5.51. The molecular weight excluding hydrogens is 394 g/mol. The number of allylic oxidation sites excluding steroid dienone is 3. The topological polar surface area (TPSA) is 104 Å². The van der Waals surface area contributed by atoms with Crippen molar-refractivity contribution in [3.8, 4) is 0 Å². The minimum absolute atomic E-state index is 0.118. The maximum absolute atomic E-state index is 10.7. The van der Waals surface area contributed by atoms with Crippen LogP contribution in [0.3, 0.4) is 0 Å². The molecule has 3 rings (SSSR count). The van der Waals surface area contributed by atoms with E-state index in [4.69, 9.17) is 4.74 Å². The van der Waals surface area contributed by atoms with Crippen molar-refractivity contribution < 1.29 is 14.9 Å². The van der Waals surface area contributed by atoms with E-state index >= 15 is 0 Å². The molecule has 4 N–H and O–H groups in total. The van der Waals surface area contributed by atoms with Gasteiger partial charge in [-0.3, -0.25) is 0 Å². The van der Waals surface area contributed by atoms with E-state index in [1.807, 2.05) is 30.8 Å². The van der Waals surface area contributed by atoms with Crippen molar-refractivity contribution in [2.24, 2.45) is 5.92 Å². The van der Waals surface area contributed by atoms with E-state index in [-0.39, 0.29) is 12.0 Å². The lowest BCUT2D eigenvalue weighted by molar-refractivity contribution is -0.0148. The minimum Gasteiger partial charge on any atom is -0.390 e. The average molecular weight is 430 g/mol. The number of rotatable bonds is 11. The van der Waals surface area contributed by atoms with Crippen LogP contribution in [-0.2, 0) is 4.74 Å². The Morgan fingerprint density at radius 3 is 2.84 bits per heavy atom. The van der Waals surface area contributed by atoms with Crippen molar-refractivity contribution in [3.63, 3.8) is 0 Å². The van der Waals surface area contributed by atoms with Gasteiger partial charge in [0.1, 0.15) is 23.9 Å². The van der Waals surface area contributed by atoms with Crippen molar-refractivity contribution in [2.45, 2.75) is 44.9 Å². The number of aromatic nitrogens is 3. The molecule has 1 saturated carbocycles. The predicted octanol–water partition coefficient (Wildman–Crippen LogP) is 2.27. The first-order chi connectivity index (χ1) is 15.1. The van der Waals surface area contributed by atoms with Gasteiger partial charge in [-0.05, 0) is 39.3 Å². The van der Waals surface area contributed by atoms with Crippen molar-refractivity contribution in [2.75, 3.05) is 38.7 Å². The van der Waals surface area contributed by atoms with E-state index in [9.17, 15) is 10.2 Å². The van der Waals surface area contributed by atoms with Crippen molar-refractivity contribution in [3.05, 3.63) is 42.4 Å². The molecule has 0 amide bonds. The van der Waals surface area contributed by atoms with Crippen LogP contribution in [0.4, 0.5) is 5.82 Å². The minimum atomic E-state index is -0.860. The number of nitrogens with zero attached hydrogens (tertiary/aromatic N) is 3. The fraction of sp³-hybridized carbons (Fsp3) is 0.565. The second-order valence-electron chi connectivity index (χ2n) is 7.92. The Morgan fingerprint density at radius 2 is 2.10 bits per heavy atom. The molecule has 2 aromatic rings.